The van der Waals surface area contributed by atoms with Crippen molar-refractivity contribution < 1.29 is 74.4 Å². The Morgan fingerprint density at radius 1 is 0.781 bits per heavy atom. The summed E-state index contributed by atoms with van der Waals surface area (Å²) < 4.78 is 26.3. The van der Waals surface area contributed by atoms with Crippen LogP contribution in [0.25, 0.3) is 0 Å². The van der Waals surface area contributed by atoms with Crippen LogP contribution in [0, 0.1) is 0 Å². The van der Waals surface area contributed by atoms with Crippen molar-refractivity contribution in [2.24, 2.45) is 0 Å². The molecule has 0 aromatic rings. The number of ether oxygens (including phenoxy) is 5. The fraction of sp³-hybridized carbons (Fsp3) is 0.941. The van der Waals surface area contributed by atoms with Gasteiger partial charge in [-0.15, -0.1) is 0 Å². The van der Waals surface area contributed by atoms with Crippen LogP contribution in [0.15, 0.2) is 0 Å². The molecule has 3 heterocycles. The highest BCUT2D eigenvalue weighted by atomic mass is 16.8. The average molecular weight is 472 g/mol. The van der Waals surface area contributed by atoms with Gasteiger partial charge in [-0.05, 0) is 0 Å². The summed E-state index contributed by atoms with van der Waals surface area (Å²) in [4.78, 5) is 11.4. The number of carboxylic acids is 1. The number of hydrogen-bond donors (Lipinski definition) is 9. The summed E-state index contributed by atoms with van der Waals surface area (Å²) in [7, 11) is 0. The van der Waals surface area contributed by atoms with E-state index in [1.165, 1.54) is 0 Å². The van der Waals surface area contributed by atoms with Gasteiger partial charge in [0.05, 0.1) is 19.3 Å². The average Bonchev–Trinajstić information content (AvgIpc) is 3.11. The molecule has 3 saturated heterocycles. The van der Waals surface area contributed by atoms with Gasteiger partial charge >= 0.3 is 5.97 Å². The van der Waals surface area contributed by atoms with Crippen molar-refractivity contribution in [2.75, 3.05) is 13.2 Å². The second-order valence-corrected chi connectivity index (χ2v) is 7.76. The number of hydrogen-bond acceptors (Lipinski definition) is 14. The van der Waals surface area contributed by atoms with Crippen LogP contribution >= 0.6 is 0 Å². The molecule has 0 aromatic heterocycles. The van der Waals surface area contributed by atoms with Gasteiger partial charge in [0.1, 0.15) is 48.8 Å². The van der Waals surface area contributed by atoms with Crippen molar-refractivity contribution in [3.63, 3.8) is 0 Å². The van der Waals surface area contributed by atoms with E-state index in [0.29, 0.717) is 0 Å². The van der Waals surface area contributed by atoms with E-state index in [9.17, 15) is 50.8 Å². The van der Waals surface area contributed by atoms with Crippen molar-refractivity contribution in [3.05, 3.63) is 0 Å². The molecule has 0 bridgehead atoms. The van der Waals surface area contributed by atoms with Gasteiger partial charge in [0.2, 0.25) is 0 Å². The molecule has 3 rings (SSSR count). The van der Waals surface area contributed by atoms with Crippen LogP contribution in [0.1, 0.15) is 6.42 Å². The van der Waals surface area contributed by atoms with E-state index in [1.807, 2.05) is 0 Å². The molecule has 9 N–H and O–H groups in total. The second kappa shape index (κ2) is 10.5. The van der Waals surface area contributed by atoms with Crippen molar-refractivity contribution >= 4 is 5.97 Å². The predicted molar refractivity (Wildman–Crippen MR) is 94.4 cm³/mol. The summed E-state index contributed by atoms with van der Waals surface area (Å²) >= 11 is 0. The first-order valence-electron chi connectivity index (χ1n) is 9.89. The Bertz CT molecular complexity index is 633. The lowest BCUT2D eigenvalue weighted by atomic mass is 9.97. The van der Waals surface area contributed by atoms with Crippen molar-refractivity contribution in [2.45, 2.75) is 86.3 Å². The monoisotopic (exact) mass is 472 g/mol. The fourth-order valence-electron chi connectivity index (χ4n) is 3.80. The van der Waals surface area contributed by atoms with Crippen LogP contribution in [-0.2, 0) is 28.5 Å². The number of rotatable bonds is 7. The van der Waals surface area contributed by atoms with Gasteiger partial charge < -0.3 is 69.6 Å². The summed E-state index contributed by atoms with van der Waals surface area (Å²) in [6.07, 6.45) is -21.2. The van der Waals surface area contributed by atoms with Gasteiger partial charge in [0, 0.05) is 6.42 Å². The predicted octanol–water partition coefficient (Wildman–Crippen LogP) is -5.81. The normalized spacial score (nSPS) is 49.8. The summed E-state index contributed by atoms with van der Waals surface area (Å²) in [6, 6.07) is 0. The van der Waals surface area contributed by atoms with E-state index >= 15 is 0 Å². The number of aliphatic carboxylic acids is 1. The third kappa shape index (κ3) is 5.05. The fourth-order valence-corrected chi connectivity index (χ4v) is 3.80. The Balaban J connectivity index is 1.80. The highest BCUT2D eigenvalue weighted by Gasteiger charge is 2.54. The van der Waals surface area contributed by atoms with E-state index in [2.05, 4.69) is 0 Å². The van der Waals surface area contributed by atoms with E-state index in [0.717, 1.165) is 0 Å². The summed E-state index contributed by atoms with van der Waals surface area (Å²) in [5, 5.41) is 88.4. The molecule has 0 aromatic carbocycles. The highest BCUT2D eigenvalue weighted by molar-refractivity contribution is 5.73. The van der Waals surface area contributed by atoms with Crippen LogP contribution in [0.3, 0.4) is 0 Å². The minimum atomic E-state index is -2.03. The van der Waals surface area contributed by atoms with Crippen LogP contribution in [0.4, 0.5) is 0 Å². The van der Waals surface area contributed by atoms with Gasteiger partial charge in [-0.2, -0.15) is 0 Å². The molecule has 3 aliphatic rings. The standard InChI is InChI=1S/C17H28O15/c18-2-5-4(20)1-7(28-5)30-12-11(24)13(15(25)26)31-16(27)14(12)32-17-10(23)9(22)8(21)6(3-19)29-17/h4-14,16-24,27H,1-3H2,(H,25,26)/t4?,5-,6?,7-,8-,9?,10?,11-,12?,13-,14?,16+,17-/m0/s1. The van der Waals surface area contributed by atoms with E-state index in [4.69, 9.17) is 23.7 Å². The number of aliphatic hydroxyl groups excluding tert-OH is 8. The maximum Gasteiger partial charge on any atom is 0.335 e. The van der Waals surface area contributed by atoms with Gasteiger partial charge in [-0.1, -0.05) is 0 Å². The molecule has 0 saturated carbocycles. The van der Waals surface area contributed by atoms with Crippen LogP contribution in [-0.4, -0.2) is 145 Å². The maximum atomic E-state index is 11.4. The minimum Gasteiger partial charge on any atom is -0.479 e. The third-order valence-corrected chi connectivity index (χ3v) is 5.60. The summed E-state index contributed by atoms with van der Waals surface area (Å²) in [5.74, 6) is -1.63. The second-order valence-electron chi connectivity index (χ2n) is 7.76. The van der Waals surface area contributed by atoms with E-state index in [1.54, 1.807) is 0 Å². The Hall–Kier alpha value is -1.05. The number of carbonyl (C=O) groups is 1. The molecule has 15 heteroatoms. The lowest BCUT2D eigenvalue weighted by molar-refractivity contribution is -0.370. The minimum absolute atomic E-state index is 0.157. The van der Waals surface area contributed by atoms with Gasteiger partial charge in [-0.3, -0.25) is 0 Å². The zero-order valence-corrected chi connectivity index (χ0v) is 16.6. The van der Waals surface area contributed by atoms with E-state index < -0.39 is 99.1 Å². The first-order valence-corrected chi connectivity index (χ1v) is 9.89. The molecule has 32 heavy (non-hydrogen) atoms. The molecular formula is C17H28O15. The first kappa shape index (κ1) is 25.6. The Labute approximate surface area is 180 Å². The Morgan fingerprint density at radius 2 is 1.44 bits per heavy atom. The van der Waals surface area contributed by atoms with Gasteiger partial charge in [-0.25, -0.2) is 4.79 Å². The zero-order valence-electron chi connectivity index (χ0n) is 16.6. The smallest absolute Gasteiger partial charge is 0.335 e. The molecule has 0 aliphatic carbocycles. The zero-order chi connectivity index (χ0) is 23.7. The van der Waals surface area contributed by atoms with Crippen LogP contribution in [0.2, 0.25) is 0 Å². The Morgan fingerprint density at radius 3 is 2.00 bits per heavy atom. The molecule has 6 unspecified atom stereocenters. The van der Waals surface area contributed by atoms with Crippen molar-refractivity contribution in [3.8, 4) is 0 Å². The number of carboxylic acid groups (broad SMARTS) is 1. The highest BCUT2D eigenvalue weighted by Crippen LogP contribution is 2.32. The quantitative estimate of drug-likeness (QED) is 0.167. The van der Waals surface area contributed by atoms with Crippen molar-refractivity contribution in [1.82, 2.24) is 0 Å². The SMILES string of the molecule is O=C(O)[C@H]1O[C@@H](O)C(O[C@@H]2OC(CO)[C@H](O)C(O)C2O)C(O[C@H]2CC(O)[C@H](CO)O2)[C@@H]1O. The molecule has 13 atom stereocenters. The largest absolute Gasteiger partial charge is 0.479 e. The Kier molecular flexibility index (Phi) is 8.37. The number of aliphatic hydroxyl groups is 8. The molecule has 15 nitrogen and oxygen atoms in total. The third-order valence-electron chi connectivity index (χ3n) is 5.60. The molecule has 0 spiro atoms. The lowest BCUT2D eigenvalue weighted by Crippen LogP contribution is -2.65. The van der Waals surface area contributed by atoms with Gasteiger partial charge in [0.25, 0.3) is 0 Å². The molecule has 186 valence electrons. The van der Waals surface area contributed by atoms with Crippen LogP contribution in [0.5, 0.6) is 0 Å². The molecular weight excluding hydrogens is 444 g/mol. The van der Waals surface area contributed by atoms with Crippen LogP contribution < -0.4 is 0 Å². The topological polar surface area (TPSA) is 245 Å². The molecule has 3 fully saturated rings. The summed E-state index contributed by atoms with van der Waals surface area (Å²) in [6.45, 7) is -1.29. The maximum absolute atomic E-state index is 11.4. The van der Waals surface area contributed by atoms with Crippen molar-refractivity contribution in [1.29, 1.82) is 0 Å². The molecule has 3 aliphatic heterocycles. The molecule has 0 amide bonds. The lowest BCUT2D eigenvalue weighted by Gasteiger charge is -2.45. The van der Waals surface area contributed by atoms with Gasteiger partial charge in [0.15, 0.2) is 25.0 Å². The molecule has 0 radical (unpaired) electrons. The first-order chi connectivity index (χ1) is 15.1. The van der Waals surface area contributed by atoms with E-state index in [-0.39, 0.29) is 6.42 Å². The summed E-state index contributed by atoms with van der Waals surface area (Å²) in [5.41, 5.74) is 0.